The molecule has 0 saturated heterocycles. The molecule has 0 spiro atoms. The maximum absolute atomic E-state index is 15.5. The number of amides is 2. The first-order valence-electron chi connectivity index (χ1n) is 17.0. The Morgan fingerprint density at radius 3 is 2.33 bits per heavy atom. The number of aliphatic carboxylic acids is 1. The molecule has 290 valence electrons. The highest BCUT2D eigenvalue weighted by Crippen LogP contribution is 2.24. The molecule has 0 aliphatic carbocycles. The summed E-state index contributed by atoms with van der Waals surface area (Å²) >= 11 is 0. The fourth-order valence-electron chi connectivity index (χ4n) is 5.38. The lowest BCUT2D eigenvalue weighted by Crippen LogP contribution is -2.42. The van der Waals surface area contributed by atoms with Crippen LogP contribution in [0.15, 0.2) is 64.3 Å². The molecular weight excluding hydrogens is 734 g/mol. The van der Waals surface area contributed by atoms with E-state index in [1.165, 1.54) is 22.8 Å². The molecule has 0 fully saturated rings. The molecule has 0 saturated carbocycles. The number of aromatic nitrogens is 2. The van der Waals surface area contributed by atoms with Gasteiger partial charge in [0.2, 0.25) is 5.91 Å². The number of fused-ring (bicyclic) bond motifs is 1. The Labute approximate surface area is 317 Å². The Bertz CT molecular complexity index is 2360. The first-order valence-corrected chi connectivity index (χ1v) is 18.5. The Morgan fingerprint density at radius 2 is 1.73 bits per heavy atom. The Balaban J connectivity index is 1.49. The summed E-state index contributed by atoms with van der Waals surface area (Å²) in [7, 11) is -4.21. The number of esters is 1. The summed E-state index contributed by atoms with van der Waals surface area (Å²) in [6.45, 7) is 10.1. The standard InChI is InChI=1S/C39H42FN5O9S/c1-8-17-44(21-26-19-30-33(18-24(26)3)41-25(4)45(36(30)48)22-54-38(51)39(5,6)7)27-11-14-29(31(40)20-27)35(47)42-32(37(49)50)15-16-34(46)43-55(52,53)28-12-9-23(2)10-13-28/h1,9-14,18-20,32H,15-17,21-22H2,2-7H3,(H,42,47)(H,43,46)(H,49,50)/t32-/m0/s1. The molecule has 4 rings (SSSR count). The lowest BCUT2D eigenvalue weighted by molar-refractivity contribution is -0.157. The molecule has 0 bridgehead atoms. The number of carboxylic acids is 1. The van der Waals surface area contributed by atoms with E-state index in [1.807, 2.05) is 11.6 Å². The topological polar surface area (TPSA) is 194 Å². The zero-order valence-corrected chi connectivity index (χ0v) is 32.0. The molecule has 0 radical (unpaired) electrons. The van der Waals surface area contributed by atoms with E-state index < -0.39 is 75.0 Å². The van der Waals surface area contributed by atoms with Crippen LogP contribution in [-0.2, 0) is 42.4 Å². The van der Waals surface area contributed by atoms with E-state index in [0.717, 1.165) is 23.3 Å². The monoisotopic (exact) mass is 775 g/mol. The highest BCUT2D eigenvalue weighted by atomic mass is 32.2. The number of nitrogens with one attached hydrogen (secondary N) is 2. The molecule has 16 heteroatoms. The van der Waals surface area contributed by atoms with Crippen molar-refractivity contribution in [3.63, 3.8) is 0 Å². The lowest BCUT2D eigenvalue weighted by atomic mass is 9.98. The molecule has 1 atom stereocenters. The van der Waals surface area contributed by atoms with Crippen molar-refractivity contribution in [2.75, 3.05) is 11.4 Å². The number of aryl methyl sites for hydroxylation is 3. The number of carboxylic acid groups (broad SMARTS) is 1. The smallest absolute Gasteiger partial charge is 0.326 e. The van der Waals surface area contributed by atoms with Crippen molar-refractivity contribution in [2.24, 2.45) is 5.41 Å². The second kappa shape index (κ2) is 16.9. The van der Waals surface area contributed by atoms with Gasteiger partial charge in [-0.05, 0) is 102 Å². The van der Waals surface area contributed by atoms with Gasteiger partial charge in [-0.25, -0.2) is 27.3 Å². The minimum atomic E-state index is -4.21. The fraction of sp³-hybridized carbons (Fsp3) is 0.333. The molecule has 4 aromatic rings. The molecule has 0 unspecified atom stereocenters. The van der Waals surface area contributed by atoms with Gasteiger partial charge >= 0.3 is 11.9 Å². The summed E-state index contributed by atoms with van der Waals surface area (Å²) in [4.78, 5) is 69.3. The summed E-state index contributed by atoms with van der Waals surface area (Å²) in [6, 6.07) is 11.1. The van der Waals surface area contributed by atoms with E-state index >= 15 is 4.39 Å². The Morgan fingerprint density at radius 1 is 1.05 bits per heavy atom. The van der Waals surface area contributed by atoms with E-state index in [-0.39, 0.29) is 35.8 Å². The maximum Gasteiger partial charge on any atom is 0.326 e. The van der Waals surface area contributed by atoms with Crippen molar-refractivity contribution < 1.29 is 41.8 Å². The van der Waals surface area contributed by atoms with Crippen LogP contribution in [0.5, 0.6) is 0 Å². The molecule has 3 aromatic carbocycles. The highest BCUT2D eigenvalue weighted by molar-refractivity contribution is 7.90. The van der Waals surface area contributed by atoms with Crippen molar-refractivity contribution >= 4 is 50.4 Å². The zero-order valence-electron chi connectivity index (χ0n) is 31.2. The number of sulfonamides is 1. The number of hydrogen-bond acceptors (Lipinski definition) is 10. The summed E-state index contributed by atoms with van der Waals surface area (Å²) in [5, 5.41) is 12.1. The van der Waals surface area contributed by atoms with Crippen molar-refractivity contribution in [3.05, 3.63) is 98.8 Å². The number of carbonyl (C=O) groups is 4. The SMILES string of the molecule is C#CCN(Cc1cc2c(=O)n(COC(=O)C(C)(C)C)c(C)nc2cc1C)c1ccc(C(=O)N[C@@H](CCC(=O)NS(=O)(=O)c2ccc(C)cc2)C(=O)O)c(F)c1. The highest BCUT2D eigenvalue weighted by Gasteiger charge is 2.26. The summed E-state index contributed by atoms with van der Waals surface area (Å²) in [5.74, 6) is -2.21. The fourth-order valence-corrected chi connectivity index (χ4v) is 6.39. The van der Waals surface area contributed by atoms with Gasteiger partial charge in [-0.1, -0.05) is 23.6 Å². The van der Waals surface area contributed by atoms with Gasteiger partial charge in [0.15, 0.2) is 6.73 Å². The van der Waals surface area contributed by atoms with Gasteiger partial charge in [-0.2, -0.15) is 0 Å². The van der Waals surface area contributed by atoms with Crippen LogP contribution in [0.3, 0.4) is 0 Å². The van der Waals surface area contributed by atoms with Crippen molar-refractivity contribution in [2.45, 2.75) is 78.6 Å². The molecule has 0 aliphatic heterocycles. The van der Waals surface area contributed by atoms with Crippen LogP contribution >= 0.6 is 0 Å². The van der Waals surface area contributed by atoms with E-state index in [2.05, 4.69) is 16.2 Å². The molecule has 3 N–H and O–H groups in total. The van der Waals surface area contributed by atoms with Gasteiger partial charge in [0.1, 0.15) is 17.7 Å². The second-order valence-electron chi connectivity index (χ2n) is 14.0. The zero-order chi connectivity index (χ0) is 40.8. The van der Waals surface area contributed by atoms with Crippen LogP contribution < -0.4 is 20.5 Å². The van der Waals surface area contributed by atoms with Gasteiger partial charge < -0.3 is 20.1 Å². The first kappa shape index (κ1) is 41.7. The Kier molecular flexibility index (Phi) is 12.8. The molecule has 2 amide bonds. The number of rotatable bonds is 14. The third kappa shape index (κ3) is 10.3. The third-order valence-electron chi connectivity index (χ3n) is 8.59. The molecular formula is C39H42FN5O9S. The maximum atomic E-state index is 15.5. The van der Waals surface area contributed by atoms with Gasteiger partial charge in [0, 0.05) is 18.7 Å². The van der Waals surface area contributed by atoms with Crippen LogP contribution in [0.1, 0.15) is 66.5 Å². The number of nitrogens with zero attached hydrogens (tertiary/aromatic N) is 3. The second-order valence-corrected chi connectivity index (χ2v) is 15.7. The quantitative estimate of drug-likeness (QED) is 0.123. The van der Waals surface area contributed by atoms with Gasteiger partial charge in [0.25, 0.3) is 21.5 Å². The number of halogens is 1. The van der Waals surface area contributed by atoms with Crippen LogP contribution in [0, 0.1) is 44.3 Å². The first-order chi connectivity index (χ1) is 25.7. The minimum Gasteiger partial charge on any atom is -0.480 e. The number of anilines is 1. The predicted octanol–water partition coefficient (Wildman–Crippen LogP) is 4.12. The van der Waals surface area contributed by atoms with Gasteiger partial charge in [0.05, 0.1) is 33.3 Å². The van der Waals surface area contributed by atoms with Gasteiger partial charge in [-0.3, -0.25) is 23.7 Å². The molecule has 55 heavy (non-hydrogen) atoms. The average molecular weight is 776 g/mol. The average Bonchev–Trinajstić information content (AvgIpc) is 3.09. The van der Waals surface area contributed by atoms with Crippen molar-refractivity contribution in [3.8, 4) is 12.3 Å². The number of benzene rings is 3. The van der Waals surface area contributed by atoms with E-state index in [0.29, 0.717) is 16.9 Å². The number of ether oxygens (including phenoxy) is 1. The van der Waals surface area contributed by atoms with E-state index in [1.54, 1.807) is 63.8 Å². The molecule has 1 aromatic heterocycles. The van der Waals surface area contributed by atoms with Crippen LogP contribution in [0.4, 0.5) is 10.1 Å². The molecule has 0 aliphatic rings. The number of hydrogen-bond donors (Lipinski definition) is 3. The summed E-state index contributed by atoms with van der Waals surface area (Å²) < 4.78 is 49.0. The predicted molar refractivity (Wildman–Crippen MR) is 202 cm³/mol. The van der Waals surface area contributed by atoms with Crippen LogP contribution in [0.25, 0.3) is 10.9 Å². The molecule has 14 nitrogen and oxygen atoms in total. The Hall–Kier alpha value is -6.08. The number of terminal acetylenes is 1. The minimum absolute atomic E-state index is 0.00435. The normalized spacial score (nSPS) is 12.0. The van der Waals surface area contributed by atoms with Crippen LogP contribution in [-0.4, -0.2) is 59.4 Å². The lowest BCUT2D eigenvalue weighted by Gasteiger charge is -2.24. The number of carbonyl (C=O) groups excluding carboxylic acids is 3. The van der Waals surface area contributed by atoms with Crippen molar-refractivity contribution in [1.82, 2.24) is 19.6 Å². The summed E-state index contributed by atoms with van der Waals surface area (Å²) in [6.07, 6.45) is 4.58. The third-order valence-corrected chi connectivity index (χ3v) is 9.98. The van der Waals surface area contributed by atoms with Crippen LogP contribution in [0.2, 0.25) is 0 Å². The summed E-state index contributed by atoms with van der Waals surface area (Å²) in [5.41, 5.74) is 1.24. The van der Waals surface area contributed by atoms with Crippen molar-refractivity contribution in [1.29, 1.82) is 0 Å². The van der Waals surface area contributed by atoms with Gasteiger partial charge in [-0.15, -0.1) is 6.42 Å². The van der Waals surface area contributed by atoms with E-state index in [9.17, 15) is 37.5 Å². The van der Waals surface area contributed by atoms with E-state index in [4.69, 9.17) is 11.2 Å². The molecule has 1 heterocycles. The largest absolute Gasteiger partial charge is 0.480 e.